The Morgan fingerprint density at radius 1 is 0.931 bits per heavy atom. The minimum absolute atomic E-state index is 0.0645. The molecule has 0 aromatic heterocycles. The van der Waals surface area contributed by atoms with Crippen LogP contribution in [0.3, 0.4) is 0 Å². The lowest BCUT2D eigenvalue weighted by Gasteiger charge is -2.23. The van der Waals surface area contributed by atoms with E-state index < -0.39 is 17.7 Å². The van der Waals surface area contributed by atoms with Gasteiger partial charge in [0.2, 0.25) is 0 Å². The van der Waals surface area contributed by atoms with Gasteiger partial charge in [-0.2, -0.15) is 0 Å². The SMILES string of the molecule is COC(=O)/C=C(/Nc1c(Br)cc(Br)c2c1C(=O)c1ccccc1C2=O)C(=O)OC. The Bertz CT molecular complexity index is 1110. The van der Waals surface area contributed by atoms with E-state index >= 15 is 0 Å². The normalized spacial score (nSPS) is 12.8. The molecular weight excluding hydrogens is 510 g/mol. The minimum Gasteiger partial charge on any atom is -0.466 e. The number of nitrogens with one attached hydrogen (secondary N) is 1. The van der Waals surface area contributed by atoms with E-state index in [2.05, 4.69) is 46.7 Å². The molecular formula is C20H13Br2NO6. The molecule has 0 saturated heterocycles. The van der Waals surface area contributed by atoms with E-state index in [1.54, 1.807) is 30.3 Å². The zero-order valence-electron chi connectivity index (χ0n) is 15.2. The molecule has 0 radical (unpaired) electrons. The number of carbonyl (C=O) groups excluding carboxylic acids is 4. The van der Waals surface area contributed by atoms with E-state index in [1.165, 1.54) is 0 Å². The average molecular weight is 523 g/mol. The molecule has 1 aliphatic rings. The van der Waals surface area contributed by atoms with Crippen LogP contribution in [0.25, 0.3) is 0 Å². The number of hydrogen-bond donors (Lipinski definition) is 1. The summed E-state index contributed by atoms with van der Waals surface area (Å²) >= 11 is 6.68. The van der Waals surface area contributed by atoms with E-state index in [1.807, 2.05) is 0 Å². The second kappa shape index (κ2) is 8.30. The molecule has 0 spiro atoms. The van der Waals surface area contributed by atoms with Crippen molar-refractivity contribution in [3.63, 3.8) is 0 Å². The second-order valence-corrected chi connectivity index (χ2v) is 7.58. The van der Waals surface area contributed by atoms with Crippen LogP contribution >= 0.6 is 31.9 Å². The predicted octanol–water partition coefficient (Wildman–Crippen LogP) is 3.63. The monoisotopic (exact) mass is 521 g/mol. The van der Waals surface area contributed by atoms with Crippen molar-refractivity contribution in [2.45, 2.75) is 0 Å². The zero-order valence-corrected chi connectivity index (χ0v) is 18.3. The van der Waals surface area contributed by atoms with Gasteiger partial charge in [-0.3, -0.25) is 9.59 Å². The maximum atomic E-state index is 13.2. The highest BCUT2D eigenvalue weighted by atomic mass is 79.9. The minimum atomic E-state index is -0.853. The largest absolute Gasteiger partial charge is 0.466 e. The molecule has 0 fully saturated rings. The molecule has 7 nitrogen and oxygen atoms in total. The summed E-state index contributed by atoms with van der Waals surface area (Å²) in [6, 6.07) is 8.05. The highest BCUT2D eigenvalue weighted by Crippen LogP contribution is 2.41. The van der Waals surface area contributed by atoms with Crippen LogP contribution in [0.5, 0.6) is 0 Å². The first-order chi connectivity index (χ1) is 13.8. The zero-order chi connectivity index (χ0) is 21.3. The number of carbonyl (C=O) groups is 4. The van der Waals surface area contributed by atoms with E-state index in [-0.39, 0.29) is 39.4 Å². The van der Waals surface area contributed by atoms with Gasteiger partial charge in [0.15, 0.2) is 11.6 Å². The Balaban J connectivity index is 2.23. The molecule has 0 aliphatic heterocycles. The molecule has 0 heterocycles. The summed E-state index contributed by atoms with van der Waals surface area (Å²) in [5.74, 6) is -2.39. The summed E-state index contributed by atoms with van der Waals surface area (Å²) < 4.78 is 10.0. The molecule has 2 aromatic rings. The van der Waals surface area contributed by atoms with Crippen molar-refractivity contribution < 1.29 is 28.7 Å². The Labute approximate surface area is 182 Å². The van der Waals surface area contributed by atoms with Gasteiger partial charge in [0.1, 0.15) is 5.70 Å². The van der Waals surface area contributed by atoms with Crippen molar-refractivity contribution in [2.24, 2.45) is 0 Å². The first-order valence-electron chi connectivity index (χ1n) is 8.15. The summed E-state index contributed by atoms with van der Waals surface area (Å²) in [7, 11) is 2.30. The van der Waals surface area contributed by atoms with Gasteiger partial charge in [0.05, 0.1) is 37.1 Å². The molecule has 1 aliphatic carbocycles. The fraction of sp³-hybridized carbons (Fsp3) is 0.100. The third-order valence-electron chi connectivity index (χ3n) is 4.23. The number of ketones is 2. The van der Waals surface area contributed by atoms with E-state index in [0.717, 1.165) is 20.3 Å². The van der Waals surface area contributed by atoms with E-state index in [9.17, 15) is 19.2 Å². The first-order valence-corrected chi connectivity index (χ1v) is 9.74. The van der Waals surface area contributed by atoms with Gasteiger partial charge in [0.25, 0.3) is 0 Å². The summed E-state index contributed by atoms with van der Waals surface area (Å²) in [5.41, 5.74) is 0.642. The van der Waals surface area contributed by atoms with Gasteiger partial charge in [-0.15, -0.1) is 0 Å². The third kappa shape index (κ3) is 3.75. The fourth-order valence-corrected chi connectivity index (χ4v) is 4.35. The van der Waals surface area contributed by atoms with Crippen molar-refractivity contribution in [1.29, 1.82) is 0 Å². The van der Waals surface area contributed by atoms with Crippen molar-refractivity contribution >= 4 is 61.1 Å². The highest BCUT2D eigenvalue weighted by molar-refractivity contribution is 9.11. The van der Waals surface area contributed by atoms with Crippen LogP contribution in [0.1, 0.15) is 31.8 Å². The maximum Gasteiger partial charge on any atom is 0.354 e. The van der Waals surface area contributed by atoms with Gasteiger partial charge in [0, 0.05) is 20.1 Å². The van der Waals surface area contributed by atoms with Crippen LogP contribution in [0.15, 0.2) is 51.1 Å². The van der Waals surface area contributed by atoms with Gasteiger partial charge < -0.3 is 14.8 Å². The number of ether oxygens (including phenoxy) is 2. The summed E-state index contributed by atoms with van der Waals surface area (Å²) in [6.07, 6.45) is 0.899. The Morgan fingerprint density at radius 3 is 2.07 bits per heavy atom. The van der Waals surface area contributed by atoms with E-state index in [4.69, 9.17) is 0 Å². The molecule has 0 unspecified atom stereocenters. The van der Waals surface area contributed by atoms with Crippen LogP contribution in [-0.2, 0) is 19.1 Å². The molecule has 0 saturated carbocycles. The lowest BCUT2D eigenvalue weighted by molar-refractivity contribution is -0.138. The fourth-order valence-electron chi connectivity index (χ4n) is 2.91. The number of benzene rings is 2. The van der Waals surface area contributed by atoms with Crippen LogP contribution in [-0.4, -0.2) is 37.7 Å². The Hall–Kier alpha value is -2.78. The molecule has 148 valence electrons. The summed E-state index contributed by atoms with van der Waals surface area (Å²) in [5, 5.41) is 2.75. The number of methoxy groups -OCH3 is 2. The van der Waals surface area contributed by atoms with Gasteiger partial charge in [-0.05, 0) is 37.9 Å². The Kier molecular flexibility index (Phi) is 5.99. The number of anilines is 1. The second-order valence-electron chi connectivity index (χ2n) is 5.87. The van der Waals surface area contributed by atoms with Gasteiger partial charge >= 0.3 is 11.9 Å². The van der Waals surface area contributed by atoms with Crippen molar-refractivity contribution in [1.82, 2.24) is 0 Å². The summed E-state index contributed by atoms with van der Waals surface area (Å²) in [4.78, 5) is 50.0. The quantitative estimate of drug-likeness (QED) is 0.412. The number of halogens is 2. The maximum absolute atomic E-state index is 13.2. The number of rotatable bonds is 4. The molecule has 2 aromatic carbocycles. The Morgan fingerprint density at radius 2 is 1.52 bits per heavy atom. The highest BCUT2D eigenvalue weighted by Gasteiger charge is 2.35. The molecule has 3 rings (SSSR count). The van der Waals surface area contributed by atoms with Crippen LogP contribution in [0.2, 0.25) is 0 Å². The van der Waals surface area contributed by atoms with Crippen LogP contribution in [0.4, 0.5) is 5.69 Å². The molecule has 0 amide bonds. The molecule has 29 heavy (non-hydrogen) atoms. The van der Waals surface area contributed by atoms with Crippen molar-refractivity contribution in [2.75, 3.05) is 19.5 Å². The standard InChI is InChI=1S/C20H13Br2NO6/c1-28-14(24)8-13(20(27)29-2)23-17-12(22)7-11(21)15-16(17)19(26)10-6-4-3-5-9(10)18(15)25/h3-8,23H,1-2H3/b13-8+. The van der Waals surface area contributed by atoms with E-state index in [0.29, 0.717) is 8.95 Å². The summed E-state index contributed by atoms with van der Waals surface area (Å²) in [6.45, 7) is 0. The first kappa shape index (κ1) is 20.9. The molecule has 0 bridgehead atoms. The smallest absolute Gasteiger partial charge is 0.354 e. The predicted molar refractivity (Wildman–Crippen MR) is 111 cm³/mol. The van der Waals surface area contributed by atoms with Crippen LogP contribution in [0, 0.1) is 0 Å². The van der Waals surface area contributed by atoms with Crippen molar-refractivity contribution in [3.05, 3.63) is 73.3 Å². The molecule has 1 N–H and O–H groups in total. The van der Waals surface area contributed by atoms with Crippen molar-refractivity contribution in [3.8, 4) is 0 Å². The lowest BCUT2D eigenvalue weighted by atomic mass is 9.83. The number of esters is 2. The van der Waals surface area contributed by atoms with Gasteiger partial charge in [-0.1, -0.05) is 24.3 Å². The lowest BCUT2D eigenvalue weighted by Crippen LogP contribution is -2.24. The molecule has 0 atom stereocenters. The average Bonchev–Trinajstić information content (AvgIpc) is 2.72. The van der Waals surface area contributed by atoms with Gasteiger partial charge in [-0.25, -0.2) is 9.59 Å². The molecule has 9 heteroatoms. The number of hydrogen-bond acceptors (Lipinski definition) is 7. The number of fused-ring (bicyclic) bond motifs is 2. The third-order valence-corrected chi connectivity index (χ3v) is 5.48. The van der Waals surface area contributed by atoms with Crippen LogP contribution < -0.4 is 5.32 Å². The topological polar surface area (TPSA) is 98.8 Å².